The van der Waals surface area contributed by atoms with Gasteiger partial charge in [0, 0.05) is 39.0 Å². The molecule has 0 radical (unpaired) electrons. The highest BCUT2D eigenvalue weighted by atomic mass is 32.2. The molecular formula is C16H21N3O4S. The van der Waals surface area contributed by atoms with Crippen LogP contribution >= 0.6 is 0 Å². The lowest BCUT2D eigenvalue weighted by Crippen LogP contribution is -2.51. The lowest BCUT2D eigenvalue weighted by atomic mass is 10.2. The Morgan fingerprint density at radius 1 is 1.21 bits per heavy atom. The fraction of sp³-hybridized carbons (Fsp3) is 0.500. The Balaban J connectivity index is 1.79. The van der Waals surface area contributed by atoms with Crippen molar-refractivity contribution >= 4 is 27.0 Å². The van der Waals surface area contributed by atoms with Crippen molar-refractivity contribution in [2.75, 3.05) is 26.2 Å². The Labute approximate surface area is 141 Å². The first-order valence-corrected chi connectivity index (χ1v) is 9.39. The van der Waals surface area contributed by atoms with Crippen molar-refractivity contribution < 1.29 is 17.6 Å². The number of hydrogen-bond acceptors (Lipinski definition) is 5. The molecule has 8 heteroatoms. The quantitative estimate of drug-likeness (QED) is 0.839. The highest BCUT2D eigenvalue weighted by Crippen LogP contribution is 2.23. The Bertz CT molecular complexity index is 865. The molecule has 1 aromatic heterocycles. The van der Waals surface area contributed by atoms with E-state index >= 15 is 0 Å². The predicted molar refractivity (Wildman–Crippen MR) is 88.9 cm³/mol. The van der Waals surface area contributed by atoms with Crippen molar-refractivity contribution in [3.05, 3.63) is 24.1 Å². The number of amides is 1. The number of fused-ring (bicyclic) bond motifs is 1. The third-order valence-electron chi connectivity index (χ3n) is 4.15. The molecule has 0 atom stereocenters. The summed E-state index contributed by atoms with van der Waals surface area (Å²) in [5.74, 6) is 0.484. The van der Waals surface area contributed by atoms with Crippen LogP contribution in [0.4, 0.5) is 0 Å². The third-order valence-corrected chi connectivity index (χ3v) is 6.04. The fourth-order valence-electron chi connectivity index (χ4n) is 2.85. The molecule has 1 aliphatic heterocycles. The standard InChI is InChI=1S/C16H21N3O4S/c1-11(2)16(20)18-6-8-19(9-7-18)24(21,22)13-4-5-15-14(10-13)17-12(3)23-15/h4-5,10-11H,6-9H2,1-3H3. The van der Waals surface area contributed by atoms with E-state index in [0.29, 0.717) is 43.2 Å². The number of nitrogens with zero attached hydrogens (tertiary/aromatic N) is 3. The molecule has 7 nitrogen and oxygen atoms in total. The lowest BCUT2D eigenvalue weighted by Gasteiger charge is -2.34. The van der Waals surface area contributed by atoms with E-state index in [-0.39, 0.29) is 16.7 Å². The molecule has 2 heterocycles. The normalized spacial score (nSPS) is 16.9. The highest BCUT2D eigenvalue weighted by molar-refractivity contribution is 7.89. The van der Waals surface area contributed by atoms with Gasteiger partial charge >= 0.3 is 0 Å². The number of rotatable bonds is 3. The molecular weight excluding hydrogens is 330 g/mol. The Kier molecular flexibility index (Phi) is 4.35. The number of carbonyl (C=O) groups excluding carboxylic acids is 1. The van der Waals surface area contributed by atoms with Crippen LogP contribution in [-0.2, 0) is 14.8 Å². The van der Waals surface area contributed by atoms with E-state index in [4.69, 9.17) is 4.42 Å². The van der Waals surface area contributed by atoms with Gasteiger partial charge in [-0.15, -0.1) is 0 Å². The van der Waals surface area contributed by atoms with Gasteiger partial charge in [0.1, 0.15) is 5.52 Å². The number of oxazole rings is 1. The lowest BCUT2D eigenvalue weighted by molar-refractivity contribution is -0.135. The van der Waals surface area contributed by atoms with Crippen LogP contribution in [0.2, 0.25) is 0 Å². The van der Waals surface area contributed by atoms with E-state index in [0.717, 1.165) is 0 Å². The minimum absolute atomic E-state index is 0.0616. The van der Waals surface area contributed by atoms with Crippen LogP contribution in [0.5, 0.6) is 0 Å². The van der Waals surface area contributed by atoms with Gasteiger partial charge in [-0.1, -0.05) is 13.8 Å². The number of sulfonamides is 1. The summed E-state index contributed by atoms with van der Waals surface area (Å²) in [6.45, 7) is 6.86. The van der Waals surface area contributed by atoms with Gasteiger partial charge in [0.15, 0.2) is 11.5 Å². The minimum Gasteiger partial charge on any atom is -0.441 e. The molecule has 24 heavy (non-hydrogen) atoms. The second-order valence-electron chi connectivity index (χ2n) is 6.25. The van der Waals surface area contributed by atoms with E-state index in [2.05, 4.69) is 4.98 Å². The molecule has 1 saturated heterocycles. The summed E-state index contributed by atoms with van der Waals surface area (Å²) >= 11 is 0. The van der Waals surface area contributed by atoms with Gasteiger partial charge in [0.05, 0.1) is 4.90 Å². The van der Waals surface area contributed by atoms with Crippen molar-refractivity contribution in [3.63, 3.8) is 0 Å². The monoisotopic (exact) mass is 351 g/mol. The van der Waals surface area contributed by atoms with Gasteiger partial charge < -0.3 is 9.32 Å². The van der Waals surface area contributed by atoms with E-state index in [1.54, 1.807) is 17.9 Å². The van der Waals surface area contributed by atoms with Crippen molar-refractivity contribution in [2.24, 2.45) is 5.92 Å². The molecule has 0 N–H and O–H groups in total. The first-order chi connectivity index (χ1) is 11.3. The second-order valence-corrected chi connectivity index (χ2v) is 8.18. The topological polar surface area (TPSA) is 83.7 Å². The minimum atomic E-state index is -3.60. The van der Waals surface area contributed by atoms with Crippen LogP contribution in [0.3, 0.4) is 0 Å². The van der Waals surface area contributed by atoms with Crippen LogP contribution in [0.15, 0.2) is 27.5 Å². The predicted octanol–water partition coefficient (Wildman–Crippen LogP) is 1.63. The molecule has 0 spiro atoms. The maximum Gasteiger partial charge on any atom is 0.243 e. The summed E-state index contributed by atoms with van der Waals surface area (Å²) in [6, 6.07) is 4.70. The highest BCUT2D eigenvalue weighted by Gasteiger charge is 2.31. The van der Waals surface area contributed by atoms with Gasteiger partial charge in [-0.25, -0.2) is 13.4 Å². The first kappa shape index (κ1) is 16.9. The molecule has 3 rings (SSSR count). The summed E-state index contributed by atoms with van der Waals surface area (Å²) in [5.41, 5.74) is 1.10. The number of benzene rings is 1. The number of aryl methyl sites for hydroxylation is 1. The Hall–Kier alpha value is -1.93. The van der Waals surface area contributed by atoms with Gasteiger partial charge in [-0.05, 0) is 18.2 Å². The van der Waals surface area contributed by atoms with Crippen molar-refractivity contribution in [1.29, 1.82) is 0 Å². The summed E-state index contributed by atoms with van der Waals surface area (Å²) in [4.78, 5) is 18.1. The summed E-state index contributed by atoms with van der Waals surface area (Å²) in [5, 5.41) is 0. The number of aromatic nitrogens is 1. The van der Waals surface area contributed by atoms with Gasteiger partial charge in [0.25, 0.3) is 0 Å². The zero-order valence-electron chi connectivity index (χ0n) is 14.0. The van der Waals surface area contributed by atoms with Gasteiger partial charge in [-0.3, -0.25) is 4.79 Å². The molecule has 1 fully saturated rings. The fourth-order valence-corrected chi connectivity index (χ4v) is 4.29. The molecule has 1 aliphatic rings. The van der Waals surface area contributed by atoms with E-state index in [1.165, 1.54) is 16.4 Å². The number of piperazine rings is 1. The molecule has 130 valence electrons. The summed E-state index contributed by atoms with van der Waals surface area (Å²) in [7, 11) is -3.60. The average molecular weight is 351 g/mol. The van der Waals surface area contributed by atoms with Crippen LogP contribution < -0.4 is 0 Å². The molecule has 2 aromatic rings. The van der Waals surface area contributed by atoms with Crippen molar-refractivity contribution in [3.8, 4) is 0 Å². The van der Waals surface area contributed by atoms with Gasteiger partial charge in [0.2, 0.25) is 15.9 Å². The molecule has 0 saturated carbocycles. The molecule has 0 bridgehead atoms. The molecule has 1 amide bonds. The molecule has 1 aromatic carbocycles. The van der Waals surface area contributed by atoms with Crippen LogP contribution in [0.1, 0.15) is 19.7 Å². The van der Waals surface area contributed by atoms with Crippen LogP contribution in [0, 0.1) is 12.8 Å². The molecule has 0 unspecified atom stereocenters. The largest absolute Gasteiger partial charge is 0.441 e. The SMILES string of the molecule is Cc1nc2cc(S(=O)(=O)N3CCN(C(=O)C(C)C)CC3)ccc2o1. The maximum atomic E-state index is 12.8. The number of hydrogen-bond donors (Lipinski definition) is 0. The Morgan fingerprint density at radius 2 is 1.88 bits per heavy atom. The smallest absolute Gasteiger partial charge is 0.243 e. The maximum absolute atomic E-state index is 12.8. The van der Waals surface area contributed by atoms with Gasteiger partial charge in [-0.2, -0.15) is 4.31 Å². The van der Waals surface area contributed by atoms with Crippen LogP contribution in [0.25, 0.3) is 11.1 Å². The number of carbonyl (C=O) groups is 1. The first-order valence-electron chi connectivity index (χ1n) is 7.95. The second kappa shape index (κ2) is 6.18. The van der Waals surface area contributed by atoms with Crippen molar-refractivity contribution in [2.45, 2.75) is 25.7 Å². The third kappa shape index (κ3) is 3.03. The average Bonchev–Trinajstić information content (AvgIpc) is 2.93. The zero-order valence-corrected chi connectivity index (χ0v) is 14.8. The Morgan fingerprint density at radius 3 is 2.50 bits per heavy atom. The van der Waals surface area contributed by atoms with Crippen LogP contribution in [-0.4, -0.2) is 54.7 Å². The summed E-state index contributed by atoms with van der Waals surface area (Å²) < 4.78 is 32.4. The summed E-state index contributed by atoms with van der Waals surface area (Å²) in [6.07, 6.45) is 0. The van der Waals surface area contributed by atoms with E-state index in [9.17, 15) is 13.2 Å². The van der Waals surface area contributed by atoms with E-state index < -0.39 is 10.0 Å². The zero-order chi connectivity index (χ0) is 17.5. The van der Waals surface area contributed by atoms with Crippen molar-refractivity contribution in [1.82, 2.24) is 14.2 Å². The van der Waals surface area contributed by atoms with E-state index in [1.807, 2.05) is 13.8 Å². The molecule has 0 aliphatic carbocycles.